The van der Waals surface area contributed by atoms with E-state index in [4.69, 9.17) is 10.8 Å². The number of hydrogen-bond donors (Lipinski definition) is 4. The number of sulfonamides is 1. The lowest BCUT2D eigenvalue weighted by Gasteiger charge is -2.19. The van der Waals surface area contributed by atoms with E-state index >= 15 is 0 Å². The van der Waals surface area contributed by atoms with E-state index in [0.717, 1.165) is 17.2 Å². The van der Waals surface area contributed by atoms with Crippen molar-refractivity contribution in [2.45, 2.75) is 18.2 Å². The molecule has 0 bridgehead atoms. The molecule has 5 N–H and O–H groups in total. The Hall–Kier alpha value is -2.40. The van der Waals surface area contributed by atoms with E-state index in [1.807, 2.05) is 0 Å². The van der Waals surface area contributed by atoms with Gasteiger partial charge in [-0.1, -0.05) is 6.92 Å². The molecule has 1 heterocycles. The first-order chi connectivity index (χ1) is 10.7. The number of nitrogens with one attached hydrogen (secondary N) is 2. The number of amides is 2. The molecule has 11 heteroatoms. The number of rotatable bonds is 9. The molecule has 23 heavy (non-hydrogen) atoms. The average molecular weight is 346 g/mol. The Morgan fingerprint density at radius 2 is 2.04 bits per heavy atom. The average Bonchev–Trinajstić information content (AvgIpc) is 2.94. The van der Waals surface area contributed by atoms with Gasteiger partial charge in [-0.2, -0.15) is 0 Å². The Morgan fingerprint density at radius 3 is 2.52 bits per heavy atom. The first-order valence-electron chi connectivity index (χ1n) is 6.64. The summed E-state index contributed by atoms with van der Waals surface area (Å²) in [6.07, 6.45) is 1.60. The third-order valence-electron chi connectivity index (χ3n) is 2.82. The molecule has 0 fully saturated rings. The Morgan fingerprint density at radius 1 is 1.39 bits per heavy atom. The highest BCUT2D eigenvalue weighted by Crippen LogP contribution is 2.10. The van der Waals surface area contributed by atoms with E-state index in [-0.39, 0.29) is 17.1 Å². The first-order valence-corrected chi connectivity index (χ1v) is 8.13. The SMILES string of the molecule is CCCN(CC(=O)O)C(=O)CNS(=O)(=O)c1c[nH]c(C(N)=O)c1. The summed E-state index contributed by atoms with van der Waals surface area (Å²) in [7, 11) is -4.03. The van der Waals surface area contributed by atoms with Gasteiger partial charge in [-0.05, 0) is 12.5 Å². The van der Waals surface area contributed by atoms with Crippen LogP contribution >= 0.6 is 0 Å². The third-order valence-corrected chi connectivity index (χ3v) is 4.20. The summed E-state index contributed by atoms with van der Waals surface area (Å²) >= 11 is 0. The summed E-state index contributed by atoms with van der Waals surface area (Å²) in [5.74, 6) is -2.67. The standard InChI is InChI=1S/C12H18N4O6S/c1-2-3-16(7-11(18)19)10(17)6-15-23(21,22)8-4-9(12(13)20)14-5-8/h4-5,14-15H,2-3,6-7H2,1H3,(H2,13,20)(H,18,19). The number of carboxylic acids is 1. The molecule has 0 aromatic carbocycles. The highest BCUT2D eigenvalue weighted by atomic mass is 32.2. The van der Waals surface area contributed by atoms with E-state index in [9.17, 15) is 22.8 Å². The number of nitrogens with zero attached hydrogens (tertiary/aromatic N) is 1. The number of carboxylic acid groups (broad SMARTS) is 1. The molecular formula is C12H18N4O6S. The van der Waals surface area contributed by atoms with Crippen molar-refractivity contribution < 1.29 is 27.9 Å². The summed E-state index contributed by atoms with van der Waals surface area (Å²) in [5.41, 5.74) is 4.92. The van der Waals surface area contributed by atoms with Crippen LogP contribution < -0.4 is 10.5 Å². The second-order valence-corrected chi connectivity index (χ2v) is 6.41. The third kappa shape index (κ3) is 5.38. The summed E-state index contributed by atoms with van der Waals surface area (Å²) in [6.45, 7) is 0.859. The molecule has 1 rings (SSSR count). The van der Waals surface area contributed by atoms with Crippen LogP contribution in [0.2, 0.25) is 0 Å². The van der Waals surface area contributed by atoms with Crippen LogP contribution in [0, 0.1) is 0 Å². The molecule has 0 spiro atoms. The van der Waals surface area contributed by atoms with Crippen LogP contribution in [0.5, 0.6) is 0 Å². The minimum Gasteiger partial charge on any atom is -0.480 e. The number of aromatic nitrogens is 1. The van der Waals surface area contributed by atoms with Crippen molar-refractivity contribution in [1.82, 2.24) is 14.6 Å². The van der Waals surface area contributed by atoms with Crippen molar-refractivity contribution in [2.24, 2.45) is 5.73 Å². The minimum absolute atomic E-state index is 0.0878. The summed E-state index contributed by atoms with van der Waals surface area (Å²) in [6, 6.07) is 1.04. The molecule has 0 atom stereocenters. The van der Waals surface area contributed by atoms with Gasteiger partial charge in [-0.3, -0.25) is 14.4 Å². The smallest absolute Gasteiger partial charge is 0.323 e. The lowest BCUT2D eigenvalue weighted by atomic mass is 10.4. The van der Waals surface area contributed by atoms with E-state index < -0.39 is 40.9 Å². The summed E-state index contributed by atoms with van der Waals surface area (Å²) < 4.78 is 26.1. The molecule has 0 aliphatic carbocycles. The fraction of sp³-hybridized carbons (Fsp3) is 0.417. The molecule has 0 saturated heterocycles. The molecule has 0 unspecified atom stereocenters. The predicted octanol–water partition coefficient (Wildman–Crippen LogP) is -1.28. The van der Waals surface area contributed by atoms with E-state index in [1.165, 1.54) is 0 Å². The lowest BCUT2D eigenvalue weighted by molar-refractivity contribution is -0.144. The van der Waals surface area contributed by atoms with Crippen LogP contribution in [0.3, 0.4) is 0 Å². The van der Waals surface area contributed by atoms with Gasteiger partial charge in [0.25, 0.3) is 5.91 Å². The Kier molecular flexibility index (Phi) is 6.28. The van der Waals surface area contributed by atoms with Gasteiger partial charge < -0.3 is 20.7 Å². The summed E-state index contributed by atoms with van der Waals surface area (Å²) in [4.78, 5) is 36.7. The summed E-state index contributed by atoms with van der Waals surface area (Å²) in [5, 5.41) is 8.74. The maximum atomic E-state index is 12.0. The van der Waals surface area contributed by atoms with Crippen LogP contribution in [0.25, 0.3) is 0 Å². The second kappa shape index (κ2) is 7.74. The number of nitrogens with two attached hydrogens (primary N) is 1. The molecule has 2 amide bonds. The molecule has 0 aliphatic heterocycles. The van der Waals surface area contributed by atoms with Gasteiger partial charge in [0.1, 0.15) is 17.1 Å². The van der Waals surface area contributed by atoms with E-state index in [0.29, 0.717) is 6.42 Å². The van der Waals surface area contributed by atoms with Gasteiger partial charge in [-0.15, -0.1) is 0 Å². The predicted molar refractivity (Wildman–Crippen MR) is 79.0 cm³/mol. The zero-order valence-corrected chi connectivity index (χ0v) is 13.2. The number of H-pyrrole nitrogens is 1. The largest absolute Gasteiger partial charge is 0.480 e. The zero-order chi connectivity index (χ0) is 17.6. The number of aliphatic carboxylic acids is 1. The molecular weight excluding hydrogens is 328 g/mol. The topological polar surface area (TPSA) is 163 Å². The van der Waals surface area contributed by atoms with Crippen molar-refractivity contribution in [3.05, 3.63) is 18.0 Å². The van der Waals surface area contributed by atoms with Crippen molar-refractivity contribution in [2.75, 3.05) is 19.6 Å². The maximum Gasteiger partial charge on any atom is 0.323 e. The van der Waals surface area contributed by atoms with Gasteiger partial charge in [0.2, 0.25) is 15.9 Å². The van der Waals surface area contributed by atoms with Gasteiger partial charge in [0.15, 0.2) is 0 Å². The number of primary amides is 1. The van der Waals surface area contributed by atoms with E-state index in [2.05, 4.69) is 9.71 Å². The Bertz CT molecular complexity index is 696. The monoisotopic (exact) mass is 346 g/mol. The number of aromatic amines is 1. The number of carbonyl (C=O) groups is 3. The number of carbonyl (C=O) groups excluding carboxylic acids is 2. The molecule has 0 radical (unpaired) electrons. The van der Waals surface area contributed by atoms with Gasteiger partial charge >= 0.3 is 5.97 Å². The molecule has 0 saturated carbocycles. The fourth-order valence-electron chi connectivity index (χ4n) is 1.75. The molecule has 128 valence electrons. The zero-order valence-electron chi connectivity index (χ0n) is 12.4. The fourth-order valence-corrected chi connectivity index (χ4v) is 2.72. The van der Waals surface area contributed by atoms with Crippen LogP contribution in [0.15, 0.2) is 17.2 Å². The maximum absolute atomic E-state index is 12.0. The van der Waals surface area contributed by atoms with Crippen molar-refractivity contribution in [3.8, 4) is 0 Å². The normalized spacial score (nSPS) is 11.2. The molecule has 1 aromatic heterocycles. The van der Waals surface area contributed by atoms with Crippen molar-refractivity contribution in [3.63, 3.8) is 0 Å². The first kappa shape index (κ1) is 18.6. The van der Waals surface area contributed by atoms with Crippen LogP contribution in [-0.4, -0.2) is 60.8 Å². The van der Waals surface area contributed by atoms with Gasteiger partial charge in [0, 0.05) is 12.7 Å². The lowest BCUT2D eigenvalue weighted by Crippen LogP contribution is -2.42. The minimum atomic E-state index is -4.03. The van der Waals surface area contributed by atoms with Gasteiger partial charge in [0.05, 0.1) is 6.54 Å². The molecule has 1 aromatic rings. The highest BCUT2D eigenvalue weighted by Gasteiger charge is 2.21. The molecule has 0 aliphatic rings. The van der Waals surface area contributed by atoms with Crippen LogP contribution in [0.4, 0.5) is 0 Å². The van der Waals surface area contributed by atoms with Crippen LogP contribution in [-0.2, 0) is 19.6 Å². The van der Waals surface area contributed by atoms with Crippen molar-refractivity contribution >= 4 is 27.8 Å². The number of hydrogen-bond acceptors (Lipinski definition) is 5. The second-order valence-electron chi connectivity index (χ2n) is 4.65. The highest BCUT2D eigenvalue weighted by molar-refractivity contribution is 7.89. The van der Waals surface area contributed by atoms with Crippen molar-refractivity contribution in [1.29, 1.82) is 0 Å². The Balaban J connectivity index is 2.75. The quantitative estimate of drug-likeness (QED) is 0.435. The molecule has 10 nitrogen and oxygen atoms in total. The Labute approximate surface area is 132 Å². The van der Waals surface area contributed by atoms with Gasteiger partial charge in [-0.25, -0.2) is 13.1 Å². The van der Waals surface area contributed by atoms with Crippen LogP contribution in [0.1, 0.15) is 23.8 Å². The van der Waals surface area contributed by atoms with E-state index in [1.54, 1.807) is 6.92 Å².